The molecule has 0 radical (unpaired) electrons. The van der Waals surface area contributed by atoms with Crippen LogP contribution in [-0.2, 0) is 10.0 Å². The van der Waals surface area contributed by atoms with Crippen LogP contribution >= 0.6 is 11.6 Å². The summed E-state index contributed by atoms with van der Waals surface area (Å²) in [5, 5.41) is 17.9. The van der Waals surface area contributed by atoms with Gasteiger partial charge < -0.3 is 14.9 Å². The van der Waals surface area contributed by atoms with Crippen molar-refractivity contribution in [1.82, 2.24) is 4.72 Å². The van der Waals surface area contributed by atoms with Crippen LogP contribution in [0.15, 0.2) is 17.0 Å². The zero-order valence-corrected chi connectivity index (χ0v) is 12.3. The highest BCUT2D eigenvalue weighted by Crippen LogP contribution is 2.31. The van der Waals surface area contributed by atoms with Gasteiger partial charge in [-0.05, 0) is 19.1 Å². The van der Waals surface area contributed by atoms with Crippen molar-refractivity contribution in [1.29, 1.82) is 0 Å². The average molecular weight is 324 g/mol. The van der Waals surface area contributed by atoms with Gasteiger partial charge in [0, 0.05) is 11.1 Å². The van der Waals surface area contributed by atoms with Gasteiger partial charge in [-0.25, -0.2) is 17.9 Å². The number of carbonyl (C=O) groups is 1. The van der Waals surface area contributed by atoms with E-state index in [9.17, 15) is 13.2 Å². The number of aromatic carboxylic acids is 1. The van der Waals surface area contributed by atoms with Gasteiger partial charge in [0.1, 0.15) is 10.5 Å². The van der Waals surface area contributed by atoms with Gasteiger partial charge in [-0.1, -0.05) is 11.6 Å². The van der Waals surface area contributed by atoms with Crippen LogP contribution in [0.2, 0.25) is 5.02 Å². The maximum absolute atomic E-state index is 12.2. The number of benzene rings is 1. The summed E-state index contributed by atoms with van der Waals surface area (Å²) in [6.07, 6.45) is 0. The number of hydrogen-bond donors (Lipinski definition) is 3. The number of rotatable bonds is 6. The summed E-state index contributed by atoms with van der Waals surface area (Å²) in [6.45, 7) is 1.04. The van der Waals surface area contributed by atoms with E-state index in [0.29, 0.717) is 0 Å². The second-order valence-electron chi connectivity index (χ2n) is 3.99. The Morgan fingerprint density at radius 3 is 2.55 bits per heavy atom. The molecule has 0 aliphatic rings. The molecule has 3 N–H and O–H groups in total. The van der Waals surface area contributed by atoms with E-state index in [-0.39, 0.29) is 16.3 Å². The lowest BCUT2D eigenvalue weighted by Gasteiger charge is -2.15. The number of aliphatic hydroxyl groups is 1. The summed E-state index contributed by atoms with van der Waals surface area (Å²) in [7, 11) is -2.92. The zero-order chi connectivity index (χ0) is 15.5. The highest BCUT2D eigenvalue weighted by atomic mass is 35.5. The van der Waals surface area contributed by atoms with E-state index < -0.39 is 33.5 Å². The summed E-state index contributed by atoms with van der Waals surface area (Å²) in [6, 6.07) is 1.44. The Balaban J connectivity index is 3.48. The minimum atomic E-state index is -4.08. The van der Waals surface area contributed by atoms with Crippen LogP contribution in [0.5, 0.6) is 5.75 Å². The van der Waals surface area contributed by atoms with Crippen molar-refractivity contribution in [3.05, 3.63) is 22.7 Å². The molecule has 1 aromatic rings. The zero-order valence-electron chi connectivity index (χ0n) is 10.8. The first kappa shape index (κ1) is 16.7. The molecule has 0 aliphatic heterocycles. The lowest BCUT2D eigenvalue weighted by atomic mass is 10.2. The van der Waals surface area contributed by atoms with Gasteiger partial charge >= 0.3 is 5.97 Å². The Hall–Kier alpha value is -1.35. The van der Waals surface area contributed by atoms with E-state index in [0.717, 1.165) is 19.2 Å². The third-order valence-electron chi connectivity index (χ3n) is 2.37. The molecule has 0 saturated heterocycles. The standard InChI is InChI=1S/C11H14ClNO6S/c1-6(5-14)13-20(17,18)9-4-7(12)3-8(11(15)16)10(9)19-2/h3-4,6,13-14H,5H2,1-2H3,(H,15,16)/t6-/m1/s1. The molecule has 0 amide bonds. The number of methoxy groups -OCH3 is 1. The molecule has 0 heterocycles. The average Bonchev–Trinajstić information content (AvgIpc) is 2.36. The monoisotopic (exact) mass is 323 g/mol. The smallest absolute Gasteiger partial charge is 0.339 e. The summed E-state index contributed by atoms with van der Waals surface area (Å²) in [5.74, 6) is -1.68. The second-order valence-corrected chi connectivity index (χ2v) is 6.11. The first-order chi connectivity index (χ1) is 9.22. The molecule has 0 aliphatic carbocycles. The topological polar surface area (TPSA) is 113 Å². The minimum absolute atomic E-state index is 0.0553. The van der Waals surface area contributed by atoms with Crippen LogP contribution in [0.1, 0.15) is 17.3 Å². The van der Waals surface area contributed by atoms with E-state index in [2.05, 4.69) is 4.72 Å². The van der Waals surface area contributed by atoms with Gasteiger partial charge in [0.05, 0.1) is 13.7 Å². The van der Waals surface area contributed by atoms with E-state index in [1.54, 1.807) is 0 Å². The summed E-state index contributed by atoms with van der Waals surface area (Å²) < 4.78 is 31.4. The van der Waals surface area contributed by atoms with E-state index in [4.69, 9.17) is 26.6 Å². The quantitative estimate of drug-likeness (QED) is 0.710. The Morgan fingerprint density at radius 2 is 2.10 bits per heavy atom. The molecule has 0 saturated carbocycles. The molecule has 9 heteroatoms. The number of carboxylic acid groups (broad SMARTS) is 1. The molecule has 7 nitrogen and oxygen atoms in total. The molecule has 0 fully saturated rings. The first-order valence-corrected chi connectivity index (χ1v) is 7.33. The van der Waals surface area contributed by atoms with Crippen LogP contribution in [-0.4, -0.2) is 44.4 Å². The molecule has 0 unspecified atom stereocenters. The summed E-state index contributed by atoms with van der Waals surface area (Å²) in [5.41, 5.74) is -0.364. The van der Waals surface area contributed by atoms with Crippen molar-refractivity contribution >= 4 is 27.6 Å². The van der Waals surface area contributed by atoms with Gasteiger partial charge in [-0.15, -0.1) is 0 Å². The van der Waals surface area contributed by atoms with Gasteiger partial charge in [0.2, 0.25) is 10.0 Å². The summed E-state index contributed by atoms with van der Waals surface area (Å²) >= 11 is 5.74. The maximum atomic E-state index is 12.2. The molecular weight excluding hydrogens is 310 g/mol. The number of hydrogen-bond acceptors (Lipinski definition) is 5. The van der Waals surface area contributed by atoms with Crippen molar-refractivity contribution < 1.29 is 28.2 Å². The molecule has 20 heavy (non-hydrogen) atoms. The Bertz CT molecular complexity index is 616. The first-order valence-electron chi connectivity index (χ1n) is 5.47. The van der Waals surface area contributed by atoms with Crippen LogP contribution in [0.3, 0.4) is 0 Å². The molecule has 1 atom stereocenters. The minimum Gasteiger partial charge on any atom is -0.494 e. The molecule has 0 bridgehead atoms. The fraction of sp³-hybridized carbons (Fsp3) is 0.364. The van der Waals surface area contributed by atoms with Crippen molar-refractivity contribution in [3.63, 3.8) is 0 Å². The molecule has 112 valence electrons. The number of carboxylic acids is 1. The highest BCUT2D eigenvalue weighted by molar-refractivity contribution is 7.89. The summed E-state index contributed by atoms with van der Waals surface area (Å²) in [4.78, 5) is 10.7. The van der Waals surface area contributed by atoms with Crippen molar-refractivity contribution in [2.24, 2.45) is 0 Å². The SMILES string of the molecule is COc1c(C(=O)O)cc(Cl)cc1S(=O)(=O)N[C@H](C)CO. The Labute approximate surface area is 121 Å². The number of ether oxygens (including phenoxy) is 1. The molecule has 0 aromatic heterocycles. The van der Waals surface area contributed by atoms with Crippen molar-refractivity contribution in [3.8, 4) is 5.75 Å². The third-order valence-corrected chi connectivity index (χ3v) is 4.19. The van der Waals surface area contributed by atoms with Crippen molar-refractivity contribution in [2.45, 2.75) is 17.9 Å². The van der Waals surface area contributed by atoms with Crippen LogP contribution in [0.25, 0.3) is 0 Å². The maximum Gasteiger partial charge on any atom is 0.339 e. The molecular formula is C11H14ClNO6S. The Kier molecular flexibility index (Phi) is 5.35. The van der Waals surface area contributed by atoms with Crippen LogP contribution < -0.4 is 9.46 Å². The van der Waals surface area contributed by atoms with Crippen molar-refractivity contribution in [2.75, 3.05) is 13.7 Å². The number of halogens is 1. The molecule has 0 spiro atoms. The highest BCUT2D eigenvalue weighted by Gasteiger charge is 2.26. The largest absolute Gasteiger partial charge is 0.494 e. The second kappa shape index (κ2) is 6.40. The van der Waals surface area contributed by atoms with E-state index in [1.165, 1.54) is 6.92 Å². The van der Waals surface area contributed by atoms with Gasteiger partial charge in [-0.2, -0.15) is 0 Å². The fourth-order valence-corrected chi connectivity index (χ4v) is 3.24. The predicted octanol–water partition coefficient (Wildman–Crippen LogP) is 0.706. The van der Waals surface area contributed by atoms with Crippen LogP contribution in [0.4, 0.5) is 0 Å². The van der Waals surface area contributed by atoms with Gasteiger partial charge in [0.15, 0.2) is 5.75 Å². The fourth-order valence-electron chi connectivity index (χ4n) is 1.50. The van der Waals surface area contributed by atoms with Gasteiger partial charge in [-0.3, -0.25) is 0 Å². The van der Waals surface area contributed by atoms with Crippen LogP contribution in [0, 0.1) is 0 Å². The predicted molar refractivity (Wildman–Crippen MR) is 71.8 cm³/mol. The third kappa shape index (κ3) is 3.60. The molecule has 1 aromatic carbocycles. The Morgan fingerprint density at radius 1 is 1.50 bits per heavy atom. The lowest BCUT2D eigenvalue weighted by molar-refractivity contribution is 0.0693. The van der Waals surface area contributed by atoms with Gasteiger partial charge in [0.25, 0.3) is 0 Å². The van der Waals surface area contributed by atoms with E-state index >= 15 is 0 Å². The number of aliphatic hydroxyl groups excluding tert-OH is 1. The van der Waals surface area contributed by atoms with E-state index in [1.807, 2.05) is 0 Å². The molecule has 1 rings (SSSR count). The normalized spacial score (nSPS) is 13.0. The lowest BCUT2D eigenvalue weighted by Crippen LogP contribution is -2.35. The number of nitrogens with one attached hydrogen (secondary N) is 1. The number of sulfonamides is 1.